The molecule has 1 fully saturated rings. The topological polar surface area (TPSA) is 41.4 Å². The first-order chi connectivity index (χ1) is 8.00. The first kappa shape index (κ1) is 12.1. The SMILES string of the molecule is Cc1nn(C)c(C)c1C(=O)N1CCN(C)CC1. The van der Waals surface area contributed by atoms with Gasteiger partial charge in [0.25, 0.3) is 5.91 Å². The Morgan fingerprint density at radius 2 is 1.71 bits per heavy atom. The molecule has 1 aliphatic heterocycles. The fraction of sp³-hybridized carbons (Fsp3) is 0.667. The molecule has 1 aliphatic rings. The Labute approximate surface area is 102 Å². The van der Waals surface area contributed by atoms with E-state index in [2.05, 4.69) is 17.0 Å². The Kier molecular flexibility index (Phi) is 3.19. The van der Waals surface area contributed by atoms with Crippen molar-refractivity contribution in [2.45, 2.75) is 13.8 Å². The summed E-state index contributed by atoms with van der Waals surface area (Å²) in [4.78, 5) is 16.6. The van der Waals surface area contributed by atoms with Gasteiger partial charge in [0.15, 0.2) is 0 Å². The number of carbonyl (C=O) groups is 1. The molecule has 0 spiro atoms. The van der Waals surface area contributed by atoms with Gasteiger partial charge < -0.3 is 9.80 Å². The molecular formula is C12H20N4O. The lowest BCUT2D eigenvalue weighted by molar-refractivity contribution is 0.0662. The molecule has 0 bridgehead atoms. The molecule has 0 N–H and O–H groups in total. The second-order valence-corrected chi connectivity index (χ2v) is 4.76. The van der Waals surface area contributed by atoms with E-state index >= 15 is 0 Å². The zero-order valence-corrected chi connectivity index (χ0v) is 11.0. The van der Waals surface area contributed by atoms with Crippen LogP contribution in [0.3, 0.4) is 0 Å². The smallest absolute Gasteiger partial charge is 0.257 e. The predicted octanol–water partition coefficient (Wildman–Crippen LogP) is 0.425. The fourth-order valence-corrected chi connectivity index (χ4v) is 2.25. The molecule has 1 aromatic rings. The summed E-state index contributed by atoms with van der Waals surface area (Å²) >= 11 is 0. The lowest BCUT2D eigenvalue weighted by Crippen LogP contribution is -2.47. The van der Waals surface area contributed by atoms with Crippen LogP contribution >= 0.6 is 0 Å². The zero-order chi connectivity index (χ0) is 12.6. The van der Waals surface area contributed by atoms with Gasteiger partial charge in [0.1, 0.15) is 0 Å². The summed E-state index contributed by atoms with van der Waals surface area (Å²) in [6.45, 7) is 7.36. The molecule has 0 aliphatic carbocycles. The molecule has 94 valence electrons. The van der Waals surface area contributed by atoms with Crippen LogP contribution in [-0.4, -0.2) is 58.7 Å². The van der Waals surface area contributed by atoms with Gasteiger partial charge in [0.05, 0.1) is 11.3 Å². The number of piperazine rings is 1. The maximum absolute atomic E-state index is 12.4. The molecule has 1 saturated heterocycles. The van der Waals surface area contributed by atoms with Crippen LogP contribution in [0.2, 0.25) is 0 Å². The van der Waals surface area contributed by atoms with Crippen molar-refractivity contribution in [2.75, 3.05) is 33.2 Å². The molecule has 0 unspecified atom stereocenters. The maximum atomic E-state index is 12.4. The van der Waals surface area contributed by atoms with Crippen molar-refractivity contribution in [1.82, 2.24) is 19.6 Å². The van der Waals surface area contributed by atoms with E-state index in [9.17, 15) is 4.79 Å². The standard InChI is InChI=1S/C12H20N4O/c1-9-11(10(2)15(4)13-9)12(17)16-7-5-14(3)6-8-16/h5-8H2,1-4H3. The summed E-state index contributed by atoms with van der Waals surface area (Å²) < 4.78 is 1.78. The van der Waals surface area contributed by atoms with Crippen LogP contribution in [0.4, 0.5) is 0 Å². The van der Waals surface area contributed by atoms with E-state index < -0.39 is 0 Å². The Bertz CT molecular complexity index is 430. The van der Waals surface area contributed by atoms with Gasteiger partial charge in [-0.1, -0.05) is 0 Å². The normalized spacial score (nSPS) is 17.5. The van der Waals surface area contributed by atoms with E-state index in [1.54, 1.807) is 4.68 Å². The summed E-state index contributed by atoms with van der Waals surface area (Å²) in [5, 5.41) is 4.30. The second-order valence-electron chi connectivity index (χ2n) is 4.76. The largest absolute Gasteiger partial charge is 0.336 e. The summed E-state index contributed by atoms with van der Waals surface area (Å²) in [5.41, 5.74) is 2.55. The van der Waals surface area contributed by atoms with Crippen LogP contribution in [0.25, 0.3) is 0 Å². The van der Waals surface area contributed by atoms with E-state index in [0.29, 0.717) is 0 Å². The number of carbonyl (C=O) groups excluding carboxylic acids is 1. The molecule has 1 aromatic heterocycles. The van der Waals surface area contributed by atoms with Gasteiger partial charge in [0.2, 0.25) is 0 Å². The quantitative estimate of drug-likeness (QED) is 0.710. The van der Waals surface area contributed by atoms with Crippen LogP contribution in [0.15, 0.2) is 0 Å². The molecule has 5 heteroatoms. The van der Waals surface area contributed by atoms with Crippen LogP contribution in [0.1, 0.15) is 21.7 Å². The van der Waals surface area contributed by atoms with E-state index in [1.165, 1.54) is 0 Å². The Balaban J connectivity index is 2.20. The first-order valence-corrected chi connectivity index (χ1v) is 5.98. The minimum atomic E-state index is 0.126. The van der Waals surface area contributed by atoms with Crippen LogP contribution < -0.4 is 0 Å². The molecule has 2 rings (SSSR count). The molecule has 0 saturated carbocycles. The fourth-order valence-electron chi connectivity index (χ4n) is 2.25. The second kappa shape index (κ2) is 4.49. The number of amides is 1. The lowest BCUT2D eigenvalue weighted by Gasteiger charge is -2.32. The van der Waals surface area contributed by atoms with Gasteiger partial charge >= 0.3 is 0 Å². The Morgan fingerprint density at radius 3 is 2.18 bits per heavy atom. The molecule has 17 heavy (non-hydrogen) atoms. The van der Waals surface area contributed by atoms with E-state index in [1.807, 2.05) is 25.8 Å². The minimum Gasteiger partial charge on any atom is -0.336 e. The van der Waals surface area contributed by atoms with Crippen molar-refractivity contribution in [3.8, 4) is 0 Å². The lowest BCUT2D eigenvalue weighted by atomic mass is 10.1. The van der Waals surface area contributed by atoms with Gasteiger partial charge in [-0.25, -0.2) is 0 Å². The van der Waals surface area contributed by atoms with Gasteiger partial charge in [-0.3, -0.25) is 9.48 Å². The minimum absolute atomic E-state index is 0.126. The molecule has 0 atom stereocenters. The Morgan fingerprint density at radius 1 is 1.12 bits per heavy atom. The van der Waals surface area contributed by atoms with E-state index in [-0.39, 0.29) is 5.91 Å². The highest BCUT2D eigenvalue weighted by Crippen LogP contribution is 2.15. The van der Waals surface area contributed by atoms with Crippen molar-refractivity contribution in [3.05, 3.63) is 17.0 Å². The van der Waals surface area contributed by atoms with Gasteiger partial charge in [-0.05, 0) is 20.9 Å². The van der Waals surface area contributed by atoms with Crippen molar-refractivity contribution in [3.63, 3.8) is 0 Å². The maximum Gasteiger partial charge on any atom is 0.257 e. The number of aryl methyl sites for hydroxylation is 2. The summed E-state index contributed by atoms with van der Waals surface area (Å²) in [6.07, 6.45) is 0. The monoisotopic (exact) mass is 236 g/mol. The number of rotatable bonds is 1. The van der Waals surface area contributed by atoms with Crippen LogP contribution in [0, 0.1) is 13.8 Å². The predicted molar refractivity (Wildman–Crippen MR) is 66.1 cm³/mol. The summed E-state index contributed by atoms with van der Waals surface area (Å²) in [7, 11) is 3.96. The van der Waals surface area contributed by atoms with Crippen molar-refractivity contribution in [1.29, 1.82) is 0 Å². The van der Waals surface area contributed by atoms with Crippen molar-refractivity contribution >= 4 is 5.91 Å². The van der Waals surface area contributed by atoms with Gasteiger partial charge in [-0.2, -0.15) is 5.10 Å². The number of hydrogen-bond acceptors (Lipinski definition) is 3. The summed E-state index contributed by atoms with van der Waals surface area (Å²) in [5.74, 6) is 0.126. The molecular weight excluding hydrogens is 216 g/mol. The Hall–Kier alpha value is -1.36. The molecule has 0 aromatic carbocycles. The highest BCUT2D eigenvalue weighted by atomic mass is 16.2. The molecule has 2 heterocycles. The molecule has 5 nitrogen and oxygen atoms in total. The van der Waals surface area contributed by atoms with E-state index in [4.69, 9.17) is 0 Å². The number of aromatic nitrogens is 2. The van der Waals surface area contributed by atoms with Crippen molar-refractivity contribution in [2.24, 2.45) is 7.05 Å². The number of likely N-dealkylation sites (N-methyl/N-ethyl adjacent to an activating group) is 1. The molecule has 1 amide bonds. The highest BCUT2D eigenvalue weighted by Gasteiger charge is 2.25. The number of nitrogens with zero attached hydrogens (tertiary/aromatic N) is 4. The average molecular weight is 236 g/mol. The average Bonchev–Trinajstić information content (AvgIpc) is 2.53. The zero-order valence-electron chi connectivity index (χ0n) is 11.0. The summed E-state index contributed by atoms with van der Waals surface area (Å²) in [6, 6.07) is 0. The molecule has 0 radical (unpaired) electrons. The van der Waals surface area contributed by atoms with Gasteiger partial charge in [0, 0.05) is 38.9 Å². The third kappa shape index (κ3) is 2.20. The van der Waals surface area contributed by atoms with Crippen LogP contribution in [0.5, 0.6) is 0 Å². The highest BCUT2D eigenvalue weighted by molar-refractivity contribution is 5.96. The van der Waals surface area contributed by atoms with Crippen molar-refractivity contribution < 1.29 is 4.79 Å². The third-order valence-electron chi connectivity index (χ3n) is 3.51. The third-order valence-corrected chi connectivity index (χ3v) is 3.51. The van der Waals surface area contributed by atoms with Crippen LogP contribution in [-0.2, 0) is 7.05 Å². The first-order valence-electron chi connectivity index (χ1n) is 5.98. The van der Waals surface area contributed by atoms with E-state index in [0.717, 1.165) is 43.1 Å². The number of hydrogen-bond donors (Lipinski definition) is 0. The van der Waals surface area contributed by atoms with Gasteiger partial charge in [-0.15, -0.1) is 0 Å².